The molecule has 0 spiro atoms. The van der Waals surface area contributed by atoms with Crippen LogP contribution >= 0.6 is 11.3 Å². The van der Waals surface area contributed by atoms with Crippen molar-refractivity contribution in [1.82, 2.24) is 9.88 Å². The van der Waals surface area contributed by atoms with Gasteiger partial charge in [-0.15, -0.1) is 17.9 Å². The van der Waals surface area contributed by atoms with Crippen LogP contribution in [-0.4, -0.2) is 36.6 Å². The molecule has 0 aliphatic heterocycles. The summed E-state index contributed by atoms with van der Waals surface area (Å²) in [5.74, 6) is 1.77. The van der Waals surface area contributed by atoms with Gasteiger partial charge in [-0.1, -0.05) is 26.0 Å². The number of thiazole rings is 1. The molecule has 0 saturated heterocycles. The van der Waals surface area contributed by atoms with Crippen LogP contribution in [0.4, 0.5) is 0 Å². The zero-order chi connectivity index (χ0) is 19.8. The molecule has 146 valence electrons. The number of hydrogen-bond donors (Lipinski definition) is 0. The molecule has 0 unspecified atom stereocenters. The van der Waals surface area contributed by atoms with Crippen LogP contribution in [0.2, 0.25) is 0 Å². The summed E-state index contributed by atoms with van der Waals surface area (Å²) in [5, 5.41) is 2.76. The molecule has 0 atom stereocenters. The molecule has 1 aromatic heterocycles. The van der Waals surface area contributed by atoms with E-state index in [9.17, 15) is 4.79 Å². The molecule has 7 heteroatoms. The standard InChI is InChI=1S/C20H26N2O4S/c1-6-10-22(20(23)14(2)3)11-15-13-27-18(21-15)12-26-19-16(24-4)8-7-9-17(19)25-5/h6-9,13-14H,1,10-12H2,2-5H3. The van der Waals surface area contributed by atoms with E-state index in [0.717, 1.165) is 10.7 Å². The van der Waals surface area contributed by atoms with E-state index < -0.39 is 0 Å². The maximum Gasteiger partial charge on any atom is 0.225 e. The second-order valence-corrected chi connectivity index (χ2v) is 7.12. The first kappa shape index (κ1) is 20.8. The highest BCUT2D eigenvalue weighted by atomic mass is 32.1. The quantitative estimate of drug-likeness (QED) is 0.576. The van der Waals surface area contributed by atoms with Gasteiger partial charge in [-0.05, 0) is 12.1 Å². The summed E-state index contributed by atoms with van der Waals surface area (Å²) in [6, 6.07) is 5.47. The molecule has 0 N–H and O–H groups in total. The van der Waals surface area contributed by atoms with Gasteiger partial charge >= 0.3 is 0 Å². The highest BCUT2D eigenvalue weighted by Crippen LogP contribution is 2.37. The van der Waals surface area contributed by atoms with E-state index in [1.165, 1.54) is 11.3 Å². The van der Waals surface area contributed by atoms with Crippen molar-refractivity contribution >= 4 is 17.2 Å². The Hall–Kier alpha value is -2.54. The largest absolute Gasteiger partial charge is 0.493 e. The normalized spacial score (nSPS) is 10.6. The predicted octanol–water partition coefficient (Wildman–Crippen LogP) is 3.91. The third-order valence-corrected chi connectivity index (χ3v) is 4.70. The lowest BCUT2D eigenvalue weighted by atomic mass is 10.2. The SMILES string of the molecule is C=CCN(Cc1csc(COc2c(OC)cccc2OC)n1)C(=O)C(C)C. The molecule has 0 radical (unpaired) electrons. The van der Waals surface area contributed by atoms with Crippen molar-refractivity contribution in [3.8, 4) is 17.2 Å². The number of rotatable bonds is 10. The van der Waals surface area contributed by atoms with E-state index in [-0.39, 0.29) is 11.8 Å². The maximum atomic E-state index is 12.3. The monoisotopic (exact) mass is 390 g/mol. The van der Waals surface area contributed by atoms with Crippen LogP contribution < -0.4 is 14.2 Å². The second-order valence-electron chi connectivity index (χ2n) is 6.18. The minimum atomic E-state index is -0.0654. The van der Waals surface area contributed by atoms with Crippen LogP contribution in [-0.2, 0) is 17.9 Å². The van der Waals surface area contributed by atoms with Gasteiger partial charge in [0.1, 0.15) is 11.6 Å². The summed E-state index contributed by atoms with van der Waals surface area (Å²) in [4.78, 5) is 18.6. The van der Waals surface area contributed by atoms with Gasteiger partial charge in [0, 0.05) is 17.8 Å². The van der Waals surface area contributed by atoms with Gasteiger partial charge in [0.05, 0.1) is 26.5 Å². The van der Waals surface area contributed by atoms with Crippen molar-refractivity contribution < 1.29 is 19.0 Å². The first-order valence-corrected chi connectivity index (χ1v) is 9.54. The summed E-state index contributed by atoms with van der Waals surface area (Å²) < 4.78 is 16.6. The maximum absolute atomic E-state index is 12.3. The fraction of sp³-hybridized carbons (Fsp3) is 0.400. The van der Waals surface area contributed by atoms with E-state index in [1.807, 2.05) is 37.4 Å². The highest BCUT2D eigenvalue weighted by molar-refractivity contribution is 7.09. The molecule has 1 amide bonds. The first-order valence-electron chi connectivity index (χ1n) is 8.66. The Morgan fingerprint density at radius 3 is 2.52 bits per heavy atom. The highest BCUT2D eigenvalue weighted by Gasteiger charge is 2.18. The molecule has 0 bridgehead atoms. The zero-order valence-corrected chi connectivity index (χ0v) is 17.0. The number of ether oxygens (including phenoxy) is 3. The molecule has 0 aliphatic carbocycles. The van der Waals surface area contributed by atoms with E-state index in [2.05, 4.69) is 11.6 Å². The number of carbonyl (C=O) groups excluding carboxylic acids is 1. The molecular weight excluding hydrogens is 364 g/mol. The van der Waals surface area contributed by atoms with E-state index in [0.29, 0.717) is 36.9 Å². The molecule has 1 aromatic carbocycles. The number of aromatic nitrogens is 1. The summed E-state index contributed by atoms with van der Waals surface area (Å²) in [6.45, 7) is 8.75. The van der Waals surface area contributed by atoms with Gasteiger partial charge in [-0.3, -0.25) is 4.79 Å². The van der Waals surface area contributed by atoms with Crippen molar-refractivity contribution in [2.75, 3.05) is 20.8 Å². The Balaban J connectivity index is 2.06. The molecule has 0 saturated carbocycles. The Labute approximate surface area is 164 Å². The van der Waals surface area contributed by atoms with Crippen LogP contribution in [0.3, 0.4) is 0 Å². The summed E-state index contributed by atoms with van der Waals surface area (Å²) in [6.07, 6.45) is 1.73. The summed E-state index contributed by atoms with van der Waals surface area (Å²) in [5.41, 5.74) is 0.835. The summed E-state index contributed by atoms with van der Waals surface area (Å²) >= 11 is 1.49. The minimum Gasteiger partial charge on any atom is -0.493 e. The third-order valence-electron chi connectivity index (χ3n) is 3.83. The average Bonchev–Trinajstić information content (AvgIpc) is 3.12. The average molecular weight is 391 g/mol. The fourth-order valence-electron chi connectivity index (χ4n) is 2.53. The van der Waals surface area contributed by atoms with Crippen molar-refractivity contribution in [3.05, 3.63) is 46.9 Å². The minimum absolute atomic E-state index is 0.0654. The Morgan fingerprint density at radius 1 is 1.30 bits per heavy atom. The number of benzene rings is 1. The second kappa shape index (κ2) is 9.97. The molecule has 0 fully saturated rings. The first-order chi connectivity index (χ1) is 13.0. The molecule has 2 aromatic rings. The van der Waals surface area contributed by atoms with Gasteiger partial charge < -0.3 is 19.1 Å². The van der Waals surface area contributed by atoms with Crippen LogP contribution in [0.25, 0.3) is 0 Å². The van der Waals surface area contributed by atoms with Gasteiger partial charge in [0.15, 0.2) is 11.5 Å². The Bertz CT molecular complexity index is 751. The number of nitrogens with zero attached hydrogens (tertiary/aromatic N) is 2. The van der Waals surface area contributed by atoms with Gasteiger partial charge in [0.25, 0.3) is 0 Å². The number of hydrogen-bond acceptors (Lipinski definition) is 6. The van der Waals surface area contributed by atoms with Crippen molar-refractivity contribution in [2.45, 2.75) is 27.0 Å². The number of carbonyl (C=O) groups is 1. The number of amides is 1. The third kappa shape index (κ3) is 5.47. The van der Waals surface area contributed by atoms with Crippen molar-refractivity contribution in [1.29, 1.82) is 0 Å². The lowest BCUT2D eigenvalue weighted by Gasteiger charge is -2.22. The molecule has 2 rings (SSSR count). The Kier molecular flexibility index (Phi) is 7.67. The molecule has 6 nitrogen and oxygen atoms in total. The van der Waals surface area contributed by atoms with Crippen molar-refractivity contribution in [2.24, 2.45) is 5.92 Å². The van der Waals surface area contributed by atoms with Crippen molar-refractivity contribution in [3.63, 3.8) is 0 Å². The fourth-order valence-corrected chi connectivity index (χ4v) is 3.23. The molecule has 0 aliphatic rings. The van der Waals surface area contributed by atoms with E-state index in [4.69, 9.17) is 14.2 Å². The van der Waals surface area contributed by atoms with Crippen LogP contribution in [0.1, 0.15) is 24.5 Å². The molecule has 1 heterocycles. The lowest BCUT2D eigenvalue weighted by Crippen LogP contribution is -2.34. The van der Waals surface area contributed by atoms with Crippen LogP contribution in [0, 0.1) is 5.92 Å². The van der Waals surface area contributed by atoms with E-state index in [1.54, 1.807) is 25.2 Å². The number of methoxy groups -OCH3 is 2. The van der Waals surface area contributed by atoms with Gasteiger partial charge in [0.2, 0.25) is 11.7 Å². The van der Waals surface area contributed by atoms with Crippen LogP contribution in [0.5, 0.6) is 17.2 Å². The topological polar surface area (TPSA) is 60.9 Å². The Morgan fingerprint density at radius 2 is 1.96 bits per heavy atom. The van der Waals surface area contributed by atoms with Gasteiger partial charge in [-0.25, -0.2) is 4.98 Å². The van der Waals surface area contributed by atoms with Gasteiger partial charge in [-0.2, -0.15) is 0 Å². The smallest absolute Gasteiger partial charge is 0.225 e. The molecule has 27 heavy (non-hydrogen) atoms. The summed E-state index contributed by atoms with van der Waals surface area (Å²) in [7, 11) is 3.17. The molecular formula is C20H26N2O4S. The zero-order valence-electron chi connectivity index (χ0n) is 16.2. The van der Waals surface area contributed by atoms with Crippen LogP contribution in [0.15, 0.2) is 36.2 Å². The lowest BCUT2D eigenvalue weighted by molar-refractivity contribution is -0.134. The predicted molar refractivity (Wildman–Crippen MR) is 106 cm³/mol. The number of para-hydroxylation sites is 1. The van der Waals surface area contributed by atoms with E-state index >= 15 is 0 Å².